The van der Waals surface area contributed by atoms with Crippen molar-refractivity contribution in [1.82, 2.24) is 0 Å². The first-order valence-corrected chi connectivity index (χ1v) is 8.37. The first kappa shape index (κ1) is 15.8. The Morgan fingerprint density at radius 1 is 1.13 bits per heavy atom. The highest BCUT2D eigenvalue weighted by molar-refractivity contribution is 9.10. The Morgan fingerprint density at radius 2 is 1.87 bits per heavy atom. The maximum absolute atomic E-state index is 12.5. The Balaban J connectivity index is 1.90. The van der Waals surface area contributed by atoms with Crippen molar-refractivity contribution in [3.05, 3.63) is 63.5 Å². The number of nitrogens with zero attached hydrogens (tertiary/aromatic N) is 1. The predicted octanol–water partition coefficient (Wildman–Crippen LogP) is 4.70. The van der Waals surface area contributed by atoms with Gasteiger partial charge in [0.1, 0.15) is 5.75 Å². The van der Waals surface area contributed by atoms with E-state index in [-0.39, 0.29) is 11.1 Å². The van der Waals surface area contributed by atoms with Crippen LogP contribution in [-0.2, 0) is 4.79 Å². The number of carbonyl (C=O) groups excluding carboxylic acids is 2. The molecule has 0 saturated carbocycles. The van der Waals surface area contributed by atoms with Crippen molar-refractivity contribution in [2.45, 2.75) is 0 Å². The second-order valence-corrected chi connectivity index (χ2v) is 6.68. The number of hydrogen-bond donors (Lipinski definition) is 0. The minimum absolute atomic E-state index is 0.304. The zero-order chi connectivity index (χ0) is 16.4. The Kier molecular flexibility index (Phi) is 4.54. The van der Waals surface area contributed by atoms with Gasteiger partial charge in [-0.15, -0.1) is 0 Å². The summed E-state index contributed by atoms with van der Waals surface area (Å²) in [6, 6.07) is 14.4. The van der Waals surface area contributed by atoms with Crippen LogP contribution in [0.5, 0.6) is 5.75 Å². The smallest absolute Gasteiger partial charge is 0.298 e. The highest BCUT2D eigenvalue weighted by atomic mass is 79.9. The van der Waals surface area contributed by atoms with Gasteiger partial charge < -0.3 is 4.74 Å². The number of halogens is 1. The summed E-state index contributed by atoms with van der Waals surface area (Å²) >= 11 is 4.33. The summed E-state index contributed by atoms with van der Waals surface area (Å²) in [5.74, 6) is 0.357. The second kappa shape index (κ2) is 6.60. The summed E-state index contributed by atoms with van der Waals surface area (Å²) < 4.78 is 6.00. The van der Waals surface area contributed by atoms with Gasteiger partial charge >= 0.3 is 0 Å². The van der Waals surface area contributed by atoms with E-state index in [4.69, 9.17) is 4.74 Å². The van der Waals surface area contributed by atoms with E-state index in [1.807, 2.05) is 24.3 Å². The molecule has 0 spiro atoms. The van der Waals surface area contributed by atoms with Crippen molar-refractivity contribution in [2.75, 3.05) is 12.0 Å². The number of ether oxygens (including phenoxy) is 1. The van der Waals surface area contributed by atoms with Gasteiger partial charge in [0.15, 0.2) is 0 Å². The maximum atomic E-state index is 12.5. The third kappa shape index (κ3) is 3.33. The van der Waals surface area contributed by atoms with Crippen LogP contribution in [-0.4, -0.2) is 18.3 Å². The van der Waals surface area contributed by atoms with Gasteiger partial charge in [0.05, 0.1) is 17.7 Å². The number of carbonyl (C=O) groups is 2. The summed E-state index contributed by atoms with van der Waals surface area (Å²) in [6.07, 6.45) is 1.72. The quantitative estimate of drug-likeness (QED) is 0.713. The van der Waals surface area contributed by atoms with Crippen molar-refractivity contribution < 1.29 is 14.3 Å². The van der Waals surface area contributed by atoms with Crippen LogP contribution < -0.4 is 9.64 Å². The number of anilines is 1. The summed E-state index contributed by atoms with van der Waals surface area (Å²) in [7, 11) is 1.57. The van der Waals surface area contributed by atoms with Crippen LogP contribution in [0.15, 0.2) is 57.9 Å². The molecule has 3 rings (SSSR count). The summed E-state index contributed by atoms with van der Waals surface area (Å²) in [5.41, 5.74) is 1.39. The van der Waals surface area contributed by atoms with Crippen molar-refractivity contribution in [3.8, 4) is 5.75 Å². The van der Waals surface area contributed by atoms with Crippen LogP contribution in [0.2, 0.25) is 0 Å². The summed E-state index contributed by atoms with van der Waals surface area (Å²) in [4.78, 5) is 26.3. The van der Waals surface area contributed by atoms with Crippen molar-refractivity contribution in [3.63, 3.8) is 0 Å². The fraction of sp³-hybridized carbons (Fsp3) is 0.0588. The number of amides is 2. The van der Waals surface area contributed by atoms with Gasteiger partial charge in [0, 0.05) is 4.47 Å². The minimum atomic E-state index is -0.315. The lowest BCUT2D eigenvalue weighted by atomic mass is 10.2. The van der Waals surface area contributed by atoms with Crippen LogP contribution in [0.25, 0.3) is 6.08 Å². The monoisotopic (exact) mass is 389 g/mol. The maximum Gasteiger partial charge on any atom is 0.298 e. The van der Waals surface area contributed by atoms with Crippen molar-refractivity contribution >= 4 is 50.6 Å². The van der Waals surface area contributed by atoms with Gasteiger partial charge in [0.25, 0.3) is 11.1 Å². The largest absolute Gasteiger partial charge is 0.497 e. The van der Waals surface area contributed by atoms with Gasteiger partial charge in [-0.25, -0.2) is 4.90 Å². The fourth-order valence-corrected chi connectivity index (χ4v) is 3.43. The molecule has 2 amide bonds. The molecule has 0 N–H and O–H groups in total. The van der Waals surface area contributed by atoms with Gasteiger partial charge in [0.2, 0.25) is 0 Å². The first-order chi connectivity index (χ1) is 11.1. The zero-order valence-corrected chi connectivity index (χ0v) is 14.6. The Labute approximate surface area is 146 Å². The van der Waals surface area contributed by atoms with Crippen LogP contribution >= 0.6 is 27.7 Å². The molecule has 1 fully saturated rings. The van der Waals surface area contributed by atoms with E-state index in [0.29, 0.717) is 16.3 Å². The number of thioether (sulfide) groups is 1. The van der Waals surface area contributed by atoms with Crippen LogP contribution in [0.1, 0.15) is 5.56 Å². The Morgan fingerprint density at radius 3 is 2.52 bits per heavy atom. The van der Waals surface area contributed by atoms with Crippen LogP contribution in [0.4, 0.5) is 10.5 Å². The first-order valence-electron chi connectivity index (χ1n) is 6.76. The number of rotatable bonds is 3. The van der Waals surface area contributed by atoms with Gasteiger partial charge in [-0.05, 0) is 59.8 Å². The van der Waals surface area contributed by atoms with E-state index in [1.165, 1.54) is 4.90 Å². The molecule has 1 aliphatic heterocycles. The molecule has 116 valence electrons. The standard InChI is InChI=1S/C17H12BrNO3S/c1-22-14-7-5-13(6-8-14)19-16(20)15(23-17(19)21)10-11-3-2-4-12(18)9-11/h2-10H,1H3/b15-10+. The van der Waals surface area contributed by atoms with Crippen LogP contribution in [0.3, 0.4) is 0 Å². The molecule has 6 heteroatoms. The number of methoxy groups -OCH3 is 1. The predicted molar refractivity (Wildman–Crippen MR) is 95.6 cm³/mol. The molecule has 2 aromatic carbocycles. The van der Waals surface area contributed by atoms with E-state index in [9.17, 15) is 9.59 Å². The Hall–Kier alpha value is -2.05. The average molecular weight is 390 g/mol. The molecule has 1 aliphatic rings. The lowest BCUT2D eigenvalue weighted by molar-refractivity contribution is -0.113. The highest BCUT2D eigenvalue weighted by Gasteiger charge is 2.36. The molecule has 0 aromatic heterocycles. The molecule has 0 bridgehead atoms. The third-order valence-electron chi connectivity index (χ3n) is 3.27. The summed E-state index contributed by atoms with van der Waals surface area (Å²) in [6.45, 7) is 0. The second-order valence-electron chi connectivity index (χ2n) is 4.77. The molecule has 0 unspecified atom stereocenters. The average Bonchev–Trinajstić information content (AvgIpc) is 2.81. The number of imide groups is 1. The fourth-order valence-electron chi connectivity index (χ4n) is 2.17. The molecule has 2 aromatic rings. The van der Waals surface area contributed by atoms with E-state index < -0.39 is 0 Å². The molecule has 1 saturated heterocycles. The molecule has 0 radical (unpaired) electrons. The van der Waals surface area contributed by atoms with E-state index in [1.54, 1.807) is 37.5 Å². The lowest BCUT2D eigenvalue weighted by Crippen LogP contribution is -2.27. The number of hydrogen-bond acceptors (Lipinski definition) is 4. The SMILES string of the molecule is COc1ccc(N2C(=O)S/C(=C/c3cccc(Br)c3)C2=O)cc1. The van der Waals surface area contributed by atoms with Gasteiger partial charge in [-0.2, -0.15) is 0 Å². The van der Waals surface area contributed by atoms with Gasteiger partial charge in [-0.1, -0.05) is 28.1 Å². The molecular weight excluding hydrogens is 378 g/mol. The molecule has 1 heterocycles. The molecule has 23 heavy (non-hydrogen) atoms. The highest BCUT2D eigenvalue weighted by Crippen LogP contribution is 2.36. The molecule has 0 aliphatic carbocycles. The van der Waals surface area contributed by atoms with E-state index in [0.717, 1.165) is 21.8 Å². The van der Waals surface area contributed by atoms with E-state index >= 15 is 0 Å². The minimum Gasteiger partial charge on any atom is -0.497 e. The molecular formula is C17H12BrNO3S. The molecule has 0 atom stereocenters. The van der Waals surface area contributed by atoms with Crippen LogP contribution in [0, 0.1) is 0 Å². The molecule has 4 nitrogen and oxygen atoms in total. The zero-order valence-electron chi connectivity index (χ0n) is 12.2. The lowest BCUT2D eigenvalue weighted by Gasteiger charge is -2.12. The third-order valence-corrected chi connectivity index (χ3v) is 4.63. The summed E-state index contributed by atoms with van der Waals surface area (Å²) in [5, 5.41) is -0.304. The Bertz CT molecular complexity index is 802. The van der Waals surface area contributed by atoms with Crippen molar-refractivity contribution in [1.29, 1.82) is 0 Å². The van der Waals surface area contributed by atoms with E-state index in [2.05, 4.69) is 15.9 Å². The van der Waals surface area contributed by atoms with Crippen molar-refractivity contribution in [2.24, 2.45) is 0 Å². The van der Waals surface area contributed by atoms with Gasteiger partial charge in [-0.3, -0.25) is 9.59 Å². The topological polar surface area (TPSA) is 46.6 Å². The number of benzene rings is 2. The normalized spacial score (nSPS) is 16.3.